The number of hydrogen-bond donors (Lipinski definition) is 1. The van der Waals surface area contributed by atoms with E-state index in [1.807, 2.05) is 18.2 Å². The van der Waals surface area contributed by atoms with Crippen molar-refractivity contribution < 1.29 is 4.74 Å². The number of hydrogen-bond acceptors (Lipinski definition) is 5. The SMILES string of the molecule is CC(C)(CNc1nnc(-c2ccccc2)c2ccccc12)N1CCOCC1. The lowest BCUT2D eigenvalue weighted by Gasteiger charge is -2.41. The third-order valence-electron chi connectivity index (χ3n) is 5.29. The molecule has 0 unspecified atom stereocenters. The highest BCUT2D eigenvalue weighted by Crippen LogP contribution is 2.30. The number of rotatable bonds is 5. The number of ether oxygens (including phenoxy) is 1. The van der Waals surface area contributed by atoms with E-state index in [2.05, 4.69) is 70.7 Å². The molecule has 140 valence electrons. The van der Waals surface area contributed by atoms with E-state index in [0.717, 1.165) is 60.7 Å². The number of aromatic nitrogens is 2. The molecule has 4 rings (SSSR count). The average Bonchev–Trinajstić information content (AvgIpc) is 2.73. The Bertz CT molecular complexity index is 905. The van der Waals surface area contributed by atoms with Crippen molar-refractivity contribution in [3.63, 3.8) is 0 Å². The van der Waals surface area contributed by atoms with Gasteiger partial charge in [0.1, 0.15) is 5.69 Å². The van der Waals surface area contributed by atoms with Crippen molar-refractivity contribution >= 4 is 16.6 Å². The molecule has 2 heterocycles. The third kappa shape index (κ3) is 3.80. The van der Waals surface area contributed by atoms with Gasteiger partial charge >= 0.3 is 0 Å². The minimum atomic E-state index is 0.0185. The zero-order valence-electron chi connectivity index (χ0n) is 16.0. The van der Waals surface area contributed by atoms with Gasteiger partial charge in [-0.05, 0) is 13.8 Å². The van der Waals surface area contributed by atoms with Crippen molar-refractivity contribution in [2.24, 2.45) is 0 Å². The summed E-state index contributed by atoms with van der Waals surface area (Å²) in [6.07, 6.45) is 0. The Morgan fingerprint density at radius 3 is 2.33 bits per heavy atom. The predicted molar refractivity (Wildman–Crippen MR) is 110 cm³/mol. The monoisotopic (exact) mass is 362 g/mol. The van der Waals surface area contributed by atoms with Crippen LogP contribution in [0.1, 0.15) is 13.8 Å². The van der Waals surface area contributed by atoms with Crippen LogP contribution in [-0.4, -0.2) is 53.5 Å². The average molecular weight is 362 g/mol. The Kier molecular flexibility index (Phi) is 5.05. The predicted octanol–water partition coefficient (Wildman–Crippen LogP) is 3.82. The topological polar surface area (TPSA) is 50.3 Å². The maximum atomic E-state index is 5.49. The van der Waals surface area contributed by atoms with E-state index in [0.29, 0.717) is 0 Å². The van der Waals surface area contributed by atoms with Crippen molar-refractivity contribution in [3.05, 3.63) is 54.6 Å². The first-order valence-corrected chi connectivity index (χ1v) is 9.53. The molecule has 2 aromatic carbocycles. The number of benzene rings is 2. The number of nitrogens with zero attached hydrogens (tertiary/aromatic N) is 3. The van der Waals surface area contributed by atoms with Gasteiger partial charge in [0.05, 0.1) is 13.2 Å². The molecule has 1 aliphatic rings. The molecule has 5 nitrogen and oxygen atoms in total. The van der Waals surface area contributed by atoms with E-state index in [9.17, 15) is 0 Å². The molecule has 0 aliphatic carbocycles. The zero-order valence-corrected chi connectivity index (χ0v) is 16.0. The van der Waals surface area contributed by atoms with Gasteiger partial charge in [0.2, 0.25) is 0 Å². The highest BCUT2D eigenvalue weighted by molar-refractivity contribution is 5.99. The minimum Gasteiger partial charge on any atom is -0.379 e. The van der Waals surface area contributed by atoms with E-state index in [4.69, 9.17) is 4.74 Å². The lowest BCUT2D eigenvalue weighted by atomic mass is 10.0. The van der Waals surface area contributed by atoms with Crippen molar-refractivity contribution in [3.8, 4) is 11.3 Å². The van der Waals surface area contributed by atoms with Crippen molar-refractivity contribution in [2.45, 2.75) is 19.4 Å². The minimum absolute atomic E-state index is 0.0185. The normalized spacial score (nSPS) is 15.8. The second-order valence-electron chi connectivity index (χ2n) is 7.57. The molecule has 0 spiro atoms. The van der Waals surface area contributed by atoms with Gasteiger partial charge in [-0.3, -0.25) is 4.90 Å². The smallest absolute Gasteiger partial charge is 0.156 e. The molecule has 0 amide bonds. The fourth-order valence-electron chi connectivity index (χ4n) is 3.62. The van der Waals surface area contributed by atoms with Crippen LogP contribution >= 0.6 is 0 Å². The first kappa shape index (κ1) is 17.9. The van der Waals surface area contributed by atoms with E-state index < -0.39 is 0 Å². The summed E-state index contributed by atoms with van der Waals surface area (Å²) in [4.78, 5) is 2.47. The molecule has 3 aromatic rings. The first-order chi connectivity index (χ1) is 13.1. The maximum absolute atomic E-state index is 5.49. The molecule has 1 N–H and O–H groups in total. The Labute approximate surface area is 160 Å². The molecule has 1 aliphatic heterocycles. The summed E-state index contributed by atoms with van der Waals surface area (Å²) in [6.45, 7) is 8.87. The molecule has 0 bridgehead atoms. The molecule has 0 atom stereocenters. The molecule has 1 saturated heterocycles. The largest absolute Gasteiger partial charge is 0.379 e. The van der Waals surface area contributed by atoms with Crippen LogP contribution in [0, 0.1) is 0 Å². The van der Waals surface area contributed by atoms with Crippen molar-refractivity contribution in [2.75, 3.05) is 38.2 Å². The second-order valence-corrected chi connectivity index (χ2v) is 7.57. The van der Waals surface area contributed by atoms with Crippen LogP contribution in [0.5, 0.6) is 0 Å². The van der Waals surface area contributed by atoms with Crippen LogP contribution in [0.15, 0.2) is 54.6 Å². The summed E-state index contributed by atoms with van der Waals surface area (Å²) >= 11 is 0. The molecule has 1 aromatic heterocycles. The quantitative estimate of drug-likeness (QED) is 0.748. The summed E-state index contributed by atoms with van der Waals surface area (Å²) in [6, 6.07) is 18.6. The van der Waals surface area contributed by atoms with Crippen molar-refractivity contribution in [1.82, 2.24) is 15.1 Å². The van der Waals surface area contributed by atoms with Gasteiger partial charge in [0.15, 0.2) is 5.82 Å². The molecule has 1 fully saturated rings. The van der Waals surface area contributed by atoms with Gasteiger partial charge in [-0.15, -0.1) is 10.2 Å². The van der Waals surface area contributed by atoms with Gasteiger partial charge in [-0.1, -0.05) is 54.6 Å². The van der Waals surface area contributed by atoms with Gasteiger partial charge in [0, 0.05) is 41.5 Å². The van der Waals surface area contributed by atoms with E-state index in [1.165, 1.54) is 0 Å². The first-order valence-electron chi connectivity index (χ1n) is 9.53. The molecular weight excluding hydrogens is 336 g/mol. The molecule has 0 saturated carbocycles. The summed E-state index contributed by atoms with van der Waals surface area (Å²) < 4.78 is 5.49. The highest BCUT2D eigenvalue weighted by Gasteiger charge is 2.28. The Morgan fingerprint density at radius 2 is 1.59 bits per heavy atom. The Hall–Kier alpha value is -2.50. The molecule has 5 heteroatoms. The highest BCUT2D eigenvalue weighted by atomic mass is 16.5. The van der Waals surface area contributed by atoms with Gasteiger partial charge in [-0.25, -0.2) is 0 Å². The van der Waals surface area contributed by atoms with Crippen LogP contribution in [0.2, 0.25) is 0 Å². The maximum Gasteiger partial charge on any atom is 0.156 e. The lowest BCUT2D eigenvalue weighted by Crippen LogP contribution is -2.53. The van der Waals surface area contributed by atoms with Crippen LogP contribution in [-0.2, 0) is 4.74 Å². The molecule has 27 heavy (non-hydrogen) atoms. The van der Waals surface area contributed by atoms with Gasteiger partial charge in [-0.2, -0.15) is 0 Å². The van der Waals surface area contributed by atoms with Crippen LogP contribution < -0.4 is 5.32 Å². The van der Waals surface area contributed by atoms with Gasteiger partial charge in [0.25, 0.3) is 0 Å². The van der Waals surface area contributed by atoms with Gasteiger partial charge < -0.3 is 10.1 Å². The van der Waals surface area contributed by atoms with E-state index >= 15 is 0 Å². The fraction of sp³-hybridized carbons (Fsp3) is 0.364. The lowest BCUT2D eigenvalue weighted by molar-refractivity contribution is -0.00570. The number of nitrogens with one attached hydrogen (secondary N) is 1. The third-order valence-corrected chi connectivity index (χ3v) is 5.29. The second kappa shape index (κ2) is 7.62. The van der Waals surface area contributed by atoms with Crippen LogP contribution in [0.4, 0.5) is 5.82 Å². The van der Waals surface area contributed by atoms with Crippen molar-refractivity contribution in [1.29, 1.82) is 0 Å². The summed E-state index contributed by atoms with van der Waals surface area (Å²) in [5, 5.41) is 14.8. The van der Waals surface area contributed by atoms with E-state index in [-0.39, 0.29) is 5.54 Å². The number of anilines is 1. The fourth-order valence-corrected chi connectivity index (χ4v) is 3.62. The number of fused-ring (bicyclic) bond motifs is 1. The zero-order chi connectivity index (χ0) is 18.7. The Morgan fingerprint density at radius 1 is 0.926 bits per heavy atom. The van der Waals surface area contributed by atoms with Crippen LogP contribution in [0.3, 0.4) is 0 Å². The van der Waals surface area contributed by atoms with E-state index in [1.54, 1.807) is 0 Å². The number of morpholine rings is 1. The molecular formula is C22H26N4O. The van der Waals surface area contributed by atoms with Crippen LogP contribution in [0.25, 0.3) is 22.0 Å². The standard InChI is InChI=1S/C22H26N4O/c1-22(2,26-12-14-27-15-13-26)16-23-21-19-11-7-6-10-18(19)20(24-25-21)17-8-4-3-5-9-17/h3-11H,12-16H2,1-2H3,(H,23,25). The summed E-state index contributed by atoms with van der Waals surface area (Å²) in [5.74, 6) is 0.839. The summed E-state index contributed by atoms with van der Waals surface area (Å²) in [5.41, 5.74) is 2.02. The Balaban J connectivity index is 1.61. The molecule has 0 radical (unpaired) electrons. The summed E-state index contributed by atoms with van der Waals surface area (Å²) in [7, 11) is 0.